The first-order chi connectivity index (χ1) is 6.69. The van der Waals surface area contributed by atoms with E-state index in [1.165, 1.54) is 5.06 Å². The number of hydrogen-bond acceptors (Lipinski definition) is 3. The summed E-state index contributed by atoms with van der Waals surface area (Å²) in [6.45, 7) is 4.59. The normalized spacial score (nSPS) is 10.2. The van der Waals surface area contributed by atoms with Gasteiger partial charge in [-0.1, -0.05) is 13.3 Å². The standard InChI is InChI=1S/C11H18N2O/c1-3-5-9-8-10(13(14)4-2)6-7-11(9)12/h6-8,14H,3-5,12H2,1-2H3. The third-order valence-electron chi connectivity index (χ3n) is 2.24. The molecule has 3 N–H and O–H groups in total. The van der Waals surface area contributed by atoms with Crippen molar-refractivity contribution in [2.75, 3.05) is 17.3 Å². The van der Waals surface area contributed by atoms with Crippen molar-refractivity contribution in [2.45, 2.75) is 26.7 Å². The van der Waals surface area contributed by atoms with Gasteiger partial charge in [0.2, 0.25) is 0 Å². The van der Waals surface area contributed by atoms with Crippen molar-refractivity contribution in [1.29, 1.82) is 0 Å². The molecule has 1 aromatic rings. The average molecular weight is 194 g/mol. The molecular formula is C11H18N2O. The Bertz CT molecular complexity index is 299. The van der Waals surface area contributed by atoms with Gasteiger partial charge in [-0.05, 0) is 37.1 Å². The van der Waals surface area contributed by atoms with E-state index in [1.54, 1.807) is 0 Å². The van der Waals surface area contributed by atoms with Crippen molar-refractivity contribution in [2.24, 2.45) is 0 Å². The van der Waals surface area contributed by atoms with Gasteiger partial charge in [-0.25, -0.2) is 0 Å². The summed E-state index contributed by atoms with van der Waals surface area (Å²) in [4.78, 5) is 0. The molecule has 3 heteroatoms. The fraction of sp³-hybridized carbons (Fsp3) is 0.455. The van der Waals surface area contributed by atoms with E-state index in [-0.39, 0.29) is 0 Å². The number of aryl methyl sites for hydroxylation is 1. The number of rotatable bonds is 4. The second-order valence-electron chi connectivity index (χ2n) is 3.35. The van der Waals surface area contributed by atoms with Crippen LogP contribution in [0.2, 0.25) is 0 Å². The van der Waals surface area contributed by atoms with E-state index in [1.807, 2.05) is 25.1 Å². The molecule has 0 fully saturated rings. The van der Waals surface area contributed by atoms with Gasteiger partial charge in [-0.15, -0.1) is 0 Å². The molecule has 0 bridgehead atoms. The quantitative estimate of drug-likeness (QED) is 0.571. The minimum Gasteiger partial charge on any atom is -0.399 e. The lowest BCUT2D eigenvalue weighted by Crippen LogP contribution is -2.17. The second kappa shape index (κ2) is 4.86. The Morgan fingerprint density at radius 3 is 2.64 bits per heavy atom. The predicted octanol–water partition coefficient (Wildman–Crippen LogP) is 2.44. The van der Waals surface area contributed by atoms with Gasteiger partial charge >= 0.3 is 0 Å². The van der Waals surface area contributed by atoms with Gasteiger partial charge in [0.1, 0.15) is 0 Å². The highest BCUT2D eigenvalue weighted by Gasteiger charge is 2.03. The van der Waals surface area contributed by atoms with E-state index in [0.717, 1.165) is 29.8 Å². The molecule has 78 valence electrons. The number of hydrogen-bond donors (Lipinski definition) is 2. The molecule has 0 spiro atoms. The molecule has 0 unspecified atom stereocenters. The Morgan fingerprint density at radius 1 is 1.36 bits per heavy atom. The molecule has 1 rings (SSSR count). The minimum absolute atomic E-state index is 0.579. The van der Waals surface area contributed by atoms with Crippen LogP contribution in [0.3, 0.4) is 0 Å². The monoisotopic (exact) mass is 194 g/mol. The van der Waals surface area contributed by atoms with Crippen LogP contribution >= 0.6 is 0 Å². The van der Waals surface area contributed by atoms with Crippen LogP contribution in [0.1, 0.15) is 25.8 Å². The number of hydroxylamine groups is 1. The summed E-state index contributed by atoms with van der Waals surface area (Å²) < 4.78 is 0. The lowest BCUT2D eigenvalue weighted by atomic mass is 10.1. The number of anilines is 2. The van der Waals surface area contributed by atoms with Gasteiger partial charge < -0.3 is 5.73 Å². The summed E-state index contributed by atoms with van der Waals surface area (Å²) in [5.74, 6) is 0. The highest BCUT2D eigenvalue weighted by atomic mass is 16.5. The maximum Gasteiger partial charge on any atom is 0.0638 e. The van der Waals surface area contributed by atoms with Crippen LogP contribution < -0.4 is 10.8 Å². The molecule has 0 aliphatic heterocycles. The predicted molar refractivity (Wildman–Crippen MR) is 59.7 cm³/mol. The second-order valence-corrected chi connectivity index (χ2v) is 3.35. The number of benzene rings is 1. The summed E-state index contributed by atoms with van der Waals surface area (Å²) in [7, 11) is 0. The van der Waals surface area contributed by atoms with E-state index in [4.69, 9.17) is 5.73 Å². The SMILES string of the molecule is CCCc1cc(N(O)CC)ccc1N. The zero-order valence-electron chi connectivity index (χ0n) is 8.83. The molecule has 3 nitrogen and oxygen atoms in total. The van der Waals surface area contributed by atoms with E-state index in [0.29, 0.717) is 6.54 Å². The lowest BCUT2D eigenvalue weighted by Gasteiger charge is -2.16. The Kier molecular flexibility index (Phi) is 3.77. The molecule has 0 heterocycles. The molecule has 0 atom stereocenters. The van der Waals surface area contributed by atoms with Crippen LogP contribution in [0, 0.1) is 0 Å². The highest BCUT2D eigenvalue weighted by molar-refractivity contribution is 5.57. The van der Waals surface area contributed by atoms with Crippen molar-refractivity contribution < 1.29 is 5.21 Å². The van der Waals surface area contributed by atoms with Crippen LogP contribution in [-0.4, -0.2) is 11.8 Å². The first-order valence-electron chi connectivity index (χ1n) is 5.03. The zero-order chi connectivity index (χ0) is 10.6. The van der Waals surface area contributed by atoms with Crippen molar-refractivity contribution in [3.05, 3.63) is 23.8 Å². The molecular weight excluding hydrogens is 176 g/mol. The van der Waals surface area contributed by atoms with Crippen LogP contribution in [0.5, 0.6) is 0 Å². The smallest absolute Gasteiger partial charge is 0.0638 e. The first kappa shape index (κ1) is 10.9. The third kappa shape index (κ3) is 2.39. The summed E-state index contributed by atoms with van der Waals surface area (Å²) in [6.07, 6.45) is 2.02. The fourth-order valence-electron chi connectivity index (χ4n) is 1.42. The van der Waals surface area contributed by atoms with Crippen molar-refractivity contribution in [3.8, 4) is 0 Å². The van der Waals surface area contributed by atoms with Gasteiger partial charge in [0.05, 0.1) is 5.69 Å². The molecule has 0 aromatic heterocycles. The number of nitrogens with two attached hydrogens (primary N) is 1. The third-order valence-corrected chi connectivity index (χ3v) is 2.24. The minimum atomic E-state index is 0.579. The van der Waals surface area contributed by atoms with Gasteiger partial charge in [-0.3, -0.25) is 10.3 Å². The van der Waals surface area contributed by atoms with Gasteiger partial charge in [0.25, 0.3) is 0 Å². The molecule has 0 aliphatic rings. The van der Waals surface area contributed by atoms with E-state index < -0.39 is 0 Å². The molecule has 0 aliphatic carbocycles. The van der Waals surface area contributed by atoms with Crippen molar-refractivity contribution in [1.82, 2.24) is 0 Å². The lowest BCUT2D eigenvalue weighted by molar-refractivity contribution is 0.260. The average Bonchev–Trinajstić information content (AvgIpc) is 2.20. The van der Waals surface area contributed by atoms with Gasteiger partial charge in [-0.2, -0.15) is 0 Å². The largest absolute Gasteiger partial charge is 0.399 e. The topological polar surface area (TPSA) is 49.5 Å². The summed E-state index contributed by atoms with van der Waals surface area (Å²) in [5.41, 5.74) is 8.54. The van der Waals surface area contributed by atoms with E-state index >= 15 is 0 Å². The highest BCUT2D eigenvalue weighted by Crippen LogP contribution is 2.21. The molecule has 14 heavy (non-hydrogen) atoms. The Hall–Kier alpha value is -1.22. The molecule has 0 saturated heterocycles. The first-order valence-corrected chi connectivity index (χ1v) is 5.03. The Labute approximate surface area is 85.1 Å². The summed E-state index contributed by atoms with van der Waals surface area (Å²) in [6, 6.07) is 5.62. The fourth-order valence-corrected chi connectivity index (χ4v) is 1.42. The maximum atomic E-state index is 9.51. The van der Waals surface area contributed by atoms with Crippen LogP contribution in [-0.2, 0) is 6.42 Å². The maximum absolute atomic E-state index is 9.51. The summed E-state index contributed by atoms with van der Waals surface area (Å²) in [5, 5.41) is 10.7. The van der Waals surface area contributed by atoms with E-state index in [9.17, 15) is 5.21 Å². The zero-order valence-corrected chi connectivity index (χ0v) is 8.83. The van der Waals surface area contributed by atoms with Crippen LogP contribution in [0.25, 0.3) is 0 Å². The van der Waals surface area contributed by atoms with Crippen molar-refractivity contribution in [3.63, 3.8) is 0 Å². The van der Waals surface area contributed by atoms with Crippen molar-refractivity contribution >= 4 is 11.4 Å². The van der Waals surface area contributed by atoms with Crippen LogP contribution in [0.4, 0.5) is 11.4 Å². The summed E-state index contributed by atoms with van der Waals surface area (Å²) >= 11 is 0. The number of nitrogen functional groups attached to an aromatic ring is 1. The number of nitrogens with zero attached hydrogens (tertiary/aromatic N) is 1. The van der Waals surface area contributed by atoms with Gasteiger partial charge in [0, 0.05) is 12.2 Å². The Morgan fingerprint density at radius 2 is 2.07 bits per heavy atom. The molecule has 0 amide bonds. The Balaban J connectivity index is 2.93. The molecule has 0 saturated carbocycles. The van der Waals surface area contributed by atoms with Gasteiger partial charge in [0.15, 0.2) is 0 Å². The van der Waals surface area contributed by atoms with E-state index in [2.05, 4.69) is 6.92 Å². The van der Waals surface area contributed by atoms with Crippen LogP contribution in [0.15, 0.2) is 18.2 Å². The molecule has 1 aromatic carbocycles. The molecule has 0 radical (unpaired) electrons.